The lowest BCUT2D eigenvalue weighted by Crippen LogP contribution is -2.25. The largest absolute Gasteiger partial charge is 0.348 e. The maximum Gasteiger partial charge on any atom is 0.0405 e. The molecule has 0 saturated carbocycles. The predicted octanol–water partition coefficient (Wildman–Crippen LogP) is 4.98. The van der Waals surface area contributed by atoms with Crippen molar-refractivity contribution in [3.05, 3.63) is 42.1 Å². The van der Waals surface area contributed by atoms with E-state index in [9.17, 15) is 0 Å². The van der Waals surface area contributed by atoms with Crippen LogP contribution in [0.2, 0.25) is 0 Å². The van der Waals surface area contributed by atoms with Crippen molar-refractivity contribution in [3.8, 4) is 0 Å². The first-order chi connectivity index (χ1) is 8.03. The van der Waals surface area contributed by atoms with Crippen LogP contribution in [0.1, 0.15) is 47.1 Å². The molecular weight excluding hydrogens is 218 g/mol. The molecule has 1 nitrogen and oxygen atoms in total. The molecule has 0 aromatic heterocycles. The Morgan fingerprint density at radius 2 is 1.39 bits per heavy atom. The van der Waals surface area contributed by atoms with Crippen LogP contribution in [-0.2, 0) is 5.41 Å². The third kappa shape index (κ3) is 3.38. The van der Waals surface area contributed by atoms with Crippen molar-refractivity contribution in [2.45, 2.75) is 47.0 Å². The van der Waals surface area contributed by atoms with Crippen molar-refractivity contribution < 1.29 is 0 Å². The summed E-state index contributed by atoms with van der Waals surface area (Å²) in [6.45, 7) is 17.5. The van der Waals surface area contributed by atoms with Gasteiger partial charge >= 0.3 is 0 Å². The van der Waals surface area contributed by atoms with Gasteiger partial charge in [0.1, 0.15) is 0 Å². The first-order valence-electron chi connectivity index (χ1n) is 6.57. The second kappa shape index (κ2) is 4.79. The number of rotatable bonds is 2. The topological polar surface area (TPSA) is 3.24 Å². The highest BCUT2D eigenvalue weighted by Gasteiger charge is 2.20. The number of benzene rings is 1. The Labute approximate surface area is 113 Å². The zero-order valence-corrected chi connectivity index (χ0v) is 13.0. The summed E-state index contributed by atoms with van der Waals surface area (Å²) >= 11 is 0. The summed E-state index contributed by atoms with van der Waals surface area (Å²) in [6.07, 6.45) is 0. The van der Waals surface area contributed by atoms with Crippen LogP contribution >= 0.6 is 0 Å². The smallest absolute Gasteiger partial charge is 0.0405 e. The quantitative estimate of drug-likeness (QED) is 0.710. The SMILES string of the molecule is C=C(N(C)c1ccc(C(C)(C)C)cc1)C(C)(C)C. The predicted molar refractivity (Wildman–Crippen MR) is 82.1 cm³/mol. The summed E-state index contributed by atoms with van der Waals surface area (Å²) in [4.78, 5) is 2.17. The molecule has 0 fully saturated rings. The molecule has 0 radical (unpaired) electrons. The lowest BCUT2D eigenvalue weighted by molar-refractivity contribution is 0.492. The van der Waals surface area contributed by atoms with Crippen LogP contribution in [0.3, 0.4) is 0 Å². The normalized spacial score (nSPS) is 12.4. The van der Waals surface area contributed by atoms with Gasteiger partial charge in [-0.1, -0.05) is 60.3 Å². The molecule has 0 amide bonds. The molecule has 0 aliphatic heterocycles. The van der Waals surface area contributed by atoms with Crippen LogP contribution in [-0.4, -0.2) is 7.05 Å². The van der Waals surface area contributed by atoms with E-state index in [4.69, 9.17) is 0 Å². The molecule has 100 valence electrons. The van der Waals surface area contributed by atoms with Gasteiger partial charge in [0, 0.05) is 23.8 Å². The van der Waals surface area contributed by atoms with E-state index in [2.05, 4.69) is 84.3 Å². The van der Waals surface area contributed by atoms with Crippen LogP contribution in [0.15, 0.2) is 36.5 Å². The summed E-state index contributed by atoms with van der Waals surface area (Å²) in [5.41, 5.74) is 3.99. The summed E-state index contributed by atoms with van der Waals surface area (Å²) < 4.78 is 0. The first kappa shape index (κ1) is 14.8. The maximum absolute atomic E-state index is 4.20. The zero-order valence-electron chi connectivity index (χ0n) is 13.0. The van der Waals surface area contributed by atoms with Crippen molar-refractivity contribution in [2.75, 3.05) is 11.9 Å². The minimum absolute atomic E-state index is 0.0947. The Morgan fingerprint density at radius 1 is 0.944 bits per heavy atom. The Balaban J connectivity index is 2.96. The van der Waals surface area contributed by atoms with E-state index < -0.39 is 0 Å². The summed E-state index contributed by atoms with van der Waals surface area (Å²) in [6, 6.07) is 8.78. The summed E-state index contributed by atoms with van der Waals surface area (Å²) in [5.74, 6) is 0. The second-order valence-electron chi connectivity index (χ2n) is 7.05. The Kier molecular flexibility index (Phi) is 3.95. The molecule has 0 saturated heterocycles. The second-order valence-corrected chi connectivity index (χ2v) is 7.05. The van der Waals surface area contributed by atoms with E-state index >= 15 is 0 Å². The average molecular weight is 245 g/mol. The van der Waals surface area contributed by atoms with E-state index in [0.717, 1.165) is 5.70 Å². The number of allylic oxidation sites excluding steroid dienone is 1. The lowest BCUT2D eigenvalue weighted by Gasteiger charge is -2.32. The molecule has 1 aromatic rings. The summed E-state index contributed by atoms with van der Waals surface area (Å²) in [5, 5.41) is 0. The zero-order chi connectivity index (χ0) is 14.1. The van der Waals surface area contributed by atoms with Gasteiger partial charge in [0.2, 0.25) is 0 Å². The average Bonchev–Trinajstić information content (AvgIpc) is 2.25. The molecule has 1 aromatic carbocycles. The minimum atomic E-state index is 0.0947. The number of anilines is 1. The van der Waals surface area contributed by atoms with Crippen LogP contribution in [0, 0.1) is 5.41 Å². The van der Waals surface area contributed by atoms with Crippen LogP contribution in [0.5, 0.6) is 0 Å². The Bertz CT molecular complexity index is 412. The third-order valence-corrected chi connectivity index (χ3v) is 3.39. The van der Waals surface area contributed by atoms with Crippen molar-refractivity contribution in [2.24, 2.45) is 5.41 Å². The molecule has 0 heterocycles. The molecule has 0 bridgehead atoms. The highest BCUT2D eigenvalue weighted by Crippen LogP contribution is 2.31. The van der Waals surface area contributed by atoms with Gasteiger partial charge in [0.25, 0.3) is 0 Å². The fourth-order valence-electron chi connectivity index (χ4n) is 1.84. The van der Waals surface area contributed by atoms with Gasteiger partial charge in [0.15, 0.2) is 0 Å². The van der Waals surface area contributed by atoms with Gasteiger partial charge in [-0.2, -0.15) is 0 Å². The highest BCUT2D eigenvalue weighted by atomic mass is 15.1. The molecule has 0 aliphatic carbocycles. The summed E-state index contributed by atoms with van der Waals surface area (Å²) in [7, 11) is 2.08. The molecule has 1 heteroatoms. The number of hydrogen-bond acceptors (Lipinski definition) is 1. The monoisotopic (exact) mass is 245 g/mol. The molecule has 18 heavy (non-hydrogen) atoms. The minimum Gasteiger partial charge on any atom is -0.348 e. The van der Waals surface area contributed by atoms with Crippen LogP contribution < -0.4 is 4.90 Å². The molecule has 0 aliphatic rings. The van der Waals surface area contributed by atoms with Crippen molar-refractivity contribution in [3.63, 3.8) is 0 Å². The van der Waals surface area contributed by atoms with E-state index in [-0.39, 0.29) is 10.8 Å². The third-order valence-electron chi connectivity index (χ3n) is 3.39. The van der Waals surface area contributed by atoms with E-state index in [1.165, 1.54) is 11.3 Å². The van der Waals surface area contributed by atoms with Gasteiger partial charge < -0.3 is 4.90 Å². The van der Waals surface area contributed by atoms with Gasteiger partial charge in [-0.25, -0.2) is 0 Å². The molecule has 0 spiro atoms. The van der Waals surface area contributed by atoms with E-state index in [0.29, 0.717) is 0 Å². The fraction of sp³-hybridized carbons (Fsp3) is 0.529. The van der Waals surface area contributed by atoms with Crippen molar-refractivity contribution in [1.82, 2.24) is 0 Å². The molecule has 0 atom stereocenters. The van der Waals surface area contributed by atoms with Gasteiger partial charge in [-0.15, -0.1) is 0 Å². The highest BCUT2D eigenvalue weighted by molar-refractivity contribution is 5.53. The molecule has 1 rings (SSSR count). The standard InChI is InChI=1S/C17H27N/c1-13(16(2,3)4)18(8)15-11-9-14(10-12-15)17(5,6)7/h9-12H,1H2,2-8H3. The van der Waals surface area contributed by atoms with Crippen LogP contribution in [0.4, 0.5) is 5.69 Å². The number of hydrogen-bond donors (Lipinski definition) is 0. The van der Waals surface area contributed by atoms with Gasteiger partial charge in [0.05, 0.1) is 0 Å². The van der Waals surface area contributed by atoms with Crippen molar-refractivity contribution in [1.29, 1.82) is 0 Å². The maximum atomic E-state index is 4.20. The number of nitrogens with zero attached hydrogens (tertiary/aromatic N) is 1. The fourth-order valence-corrected chi connectivity index (χ4v) is 1.84. The van der Waals surface area contributed by atoms with Gasteiger partial charge in [-0.3, -0.25) is 0 Å². The van der Waals surface area contributed by atoms with Gasteiger partial charge in [-0.05, 0) is 23.1 Å². The molecule has 0 unspecified atom stereocenters. The van der Waals surface area contributed by atoms with E-state index in [1.54, 1.807) is 0 Å². The van der Waals surface area contributed by atoms with Crippen LogP contribution in [0.25, 0.3) is 0 Å². The lowest BCUT2D eigenvalue weighted by atomic mass is 9.87. The molecule has 0 N–H and O–H groups in total. The Hall–Kier alpha value is -1.24. The van der Waals surface area contributed by atoms with Crippen molar-refractivity contribution >= 4 is 5.69 Å². The molecular formula is C17H27N. The first-order valence-corrected chi connectivity index (χ1v) is 6.57. The van der Waals surface area contributed by atoms with E-state index in [1.807, 2.05) is 0 Å². The Morgan fingerprint density at radius 3 is 1.72 bits per heavy atom.